The molecule has 1 aliphatic heterocycles. The molecule has 17 heavy (non-hydrogen) atoms. The Labute approximate surface area is 97.1 Å². The zero-order chi connectivity index (χ0) is 13.2. The summed E-state index contributed by atoms with van der Waals surface area (Å²) in [6.07, 6.45) is 0.820. The number of carbonyl (C=O) groups excluding carboxylic acids is 3. The van der Waals surface area contributed by atoms with Gasteiger partial charge in [-0.05, 0) is 20.8 Å². The summed E-state index contributed by atoms with van der Waals surface area (Å²) >= 11 is 0. The smallest absolute Gasteiger partial charge is 0.392 e. The van der Waals surface area contributed by atoms with Gasteiger partial charge in [0, 0.05) is 6.08 Å². The van der Waals surface area contributed by atoms with Crippen LogP contribution in [0.5, 0.6) is 0 Å². The van der Waals surface area contributed by atoms with Crippen molar-refractivity contribution in [1.82, 2.24) is 5.32 Å². The number of nitrogens with one attached hydrogen (secondary N) is 1. The predicted molar refractivity (Wildman–Crippen MR) is 55.7 cm³/mol. The van der Waals surface area contributed by atoms with E-state index in [0.717, 1.165) is 6.08 Å². The lowest BCUT2D eigenvalue weighted by atomic mass is 10.1. The van der Waals surface area contributed by atoms with E-state index in [0.29, 0.717) is 0 Å². The van der Waals surface area contributed by atoms with Crippen molar-refractivity contribution >= 4 is 23.5 Å². The van der Waals surface area contributed by atoms with E-state index in [9.17, 15) is 14.4 Å². The number of hydrogen-bond donors (Lipinski definition) is 1. The normalized spacial score (nSPS) is 18.1. The molecule has 7 nitrogen and oxygen atoms in total. The summed E-state index contributed by atoms with van der Waals surface area (Å²) in [6.45, 7) is 4.97. The summed E-state index contributed by atoms with van der Waals surface area (Å²) in [6, 6.07) is 0. The summed E-state index contributed by atoms with van der Waals surface area (Å²) in [4.78, 5) is 36.4. The Bertz CT molecular complexity index is 478. The van der Waals surface area contributed by atoms with Gasteiger partial charge in [0.25, 0.3) is 5.91 Å². The minimum Gasteiger partial charge on any atom is -0.457 e. The summed E-state index contributed by atoms with van der Waals surface area (Å²) in [5.74, 6) is -2.44. The first-order valence-corrected chi connectivity index (χ1v) is 4.77. The lowest BCUT2D eigenvalue weighted by molar-refractivity contribution is -0.148. The molecule has 1 fully saturated rings. The van der Waals surface area contributed by atoms with Gasteiger partial charge in [-0.1, -0.05) is 0 Å². The highest BCUT2D eigenvalue weighted by Gasteiger charge is 2.40. The van der Waals surface area contributed by atoms with E-state index in [1.54, 1.807) is 20.8 Å². The highest BCUT2D eigenvalue weighted by atomic mass is 16.6. The first-order valence-electron chi connectivity index (χ1n) is 4.77. The number of hydrogen-bond acceptors (Lipinski definition) is 4. The molecule has 0 bridgehead atoms. The molecule has 0 saturated carbocycles. The van der Waals surface area contributed by atoms with Crippen molar-refractivity contribution in [2.45, 2.75) is 26.4 Å². The van der Waals surface area contributed by atoms with Gasteiger partial charge in [-0.25, -0.2) is 4.79 Å². The zero-order valence-corrected chi connectivity index (χ0v) is 9.60. The van der Waals surface area contributed by atoms with Gasteiger partial charge in [0.15, 0.2) is 0 Å². The van der Waals surface area contributed by atoms with Crippen molar-refractivity contribution in [2.24, 2.45) is 0 Å². The zero-order valence-electron chi connectivity index (χ0n) is 9.60. The van der Waals surface area contributed by atoms with Crippen molar-refractivity contribution in [3.05, 3.63) is 17.2 Å². The van der Waals surface area contributed by atoms with Crippen LogP contribution in [0.1, 0.15) is 20.8 Å². The topological polar surface area (TPSA) is 109 Å². The minimum absolute atomic E-state index is 0.313. The van der Waals surface area contributed by atoms with Crippen molar-refractivity contribution in [1.29, 1.82) is 0 Å². The van der Waals surface area contributed by atoms with Crippen LogP contribution >= 0.6 is 0 Å². The van der Waals surface area contributed by atoms with Gasteiger partial charge in [0.1, 0.15) is 11.2 Å². The van der Waals surface area contributed by atoms with Crippen LogP contribution in [0.2, 0.25) is 0 Å². The van der Waals surface area contributed by atoms with Gasteiger partial charge in [-0.3, -0.25) is 14.9 Å². The Morgan fingerprint density at radius 1 is 1.35 bits per heavy atom. The van der Waals surface area contributed by atoms with Crippen molar-refractivity contribution in [3.63, 3.8) is 0 Å². The number of amides is 2. The number of rotatable bonds is 1. The minimum atomic E-state index is -0.854. The summed E-state index contributed by atoms with van der Waals surface area (Å²) in [5.41, 5.74) is 7.02. The van der Waals surface area contributed by atoms with Gasteiger partial charge in [-0.15, -0.1) is 0 Å². The molecule has 0 radical (unpaired) electrons. The van der Waals surface area contributed by atoms with Crippen LogP contribution in [0.3, 0.4) is 0 Å². The molecule has 0 unspecified atom stereocenters. The van der Waals surface area contributed by atoms with Crippen LogP contribution < -0.4 is 5.32 Å². The first kappa shape index (κ1) is 12.8. The third-order valence-electron chi connectivity index (χ3n) is 1.71. The maximum atomic E-state index is 11.4. The van der Waals surface area contributed by atoms with Crippen LogP contribution in [-0.4, -0.2) is 33.9 Å². The number of imide groups is 1. The Morgan fingerprint density at radius 2 is 1.94 bits per heavy atom. The molecule has 1 saturated heterocycles. The number of nitrogens with zero attached hydrogens (tertiary/aromatic N) is 2. The van der Waals surface area contributed by atoms with E-state index in [1.165, 1.54) is 0 Å². The van der Waals surface area contributed by atoms with Gasteiger partial charge < -0.3 is 10.3 Å². The van der Waals surface area contributed by atoms with E-state index < -0.39 is 29.1 Å². The second-order valence-electron chi connectivity index (χ2n) is 4.32. The van der Waals surface area contributed by atoms with E-state index in [2.05, 4.69) is 4.79 Å². The highest BCUT2D eigenvalue weighted by molar-refractivity contribution is 6.57. The Kier molecular flexibility index (Phi) is 3.24. The van der Waals surface area contributed by atoms with Crippen molar-refractivity contribution in [3.8, 4) is 0 Å². The molecule has 90 valence electrons. The molecule has 1 N–H and O–H groups in total. The molecule has 1 heterocycles. The maximum Gasteiger partial charge on any atom is 0.392 e. The molecular weight excluding hydrogens is 226 g/mol. The van der Waals surface area contributed by atoms with Gasteiger partial charge in [-0.2, -0.15) is 4.79 Å². The van der Waals surface area contributed by atoms with Crippen LogP contribution in [0.15, 0.2) is 11.6 Å². The summed E-state index contributed by atoms with van der Waals surface area (Å²) < 4.78 is 4.93. The SMILES string of the molecule is CC(C)(C)OC(=O)/C=C1/C(=O)NC(=O)C1=[N+]=[N-]. The summed E-state index contributed by atoms with van der Waals surface area (Å²) in [5, 5.41) is 1.89. The van der Waals surface area contributed by atoms with Crippen molar-refractivity contribution in [2.75, 3.05) is 0 Å². The van der Waals surface area contributed by atoms with Crippen LogP contribution in [-0.2, 0) is 19.1 Å². The first-order chi connectivity index (χ1) is 7.74. The number of esters is 1. The van der Waals surface area contributed by atoms with Crippen LogP contribution in [0, 0.1) is 0 Å². The molecule has 0 atom stereocenters. The van der Waals surface area contributed by atoms with E-state index >= 15 is 0 Å². The summed E-state index contributed by atoms with van der Waals surface area (Å²) in [7, 11) is 0. The third kappa shape index (κ3) is 3.09. The molecule has 1 rings (SSSR count). The predicted octanol–water partition coefficient (Wildman–Crippen LogP) is -0.418. The molecule has 0 aliphatic carbocycles. The molecule has 0 spiro atoms. The molecule has 1 aliphatic rings. The Morgan fingerprint density at radius 3 is 2.41 bits per heavy atom. The Hall–Kier alpha value is -2.27. The second kappa shape index (κ2) is 4.31. The van der Waals surface area contributed by atoms with Gasteiger partial charge in [0.05, 0.1) is 0 Å². The van der Waals surface area contributed by atoms with E-state index in [1.807, 2.05) is 5.32 Å². The lowest BCUT2D eigenvalue weighted by Crippen LogP contribution is -2.23. The van der Waals surface area contributed by atoms with Crippen LogP contribution in [0.4, 0.5) is 0 Å². The van der Waals surface area contributed by atoms with Crippen LogP contribution in [0.25, 0.3) is 5.53 Å². The second-order valence-corrected chi connectivity index (χ2v) is 4.32. The molecule has 2 amide bonds. The van der Waals surface area contributed by atoms with E-state index in [-0.39, 0.29) is 5.57 Å². The van der Waals surface area contributed by atoms with Gasteiger partial charge >= 0.3 is 17.6 Å². The number of carbonyl (C=O) groups is 3. The quantitative estimate of drug-likeness (QED) is 0.219. The lowest BCUT2D eigenvalue weighted by Gasteiger charge is -2.17. The fourth-order valence-corrected chi connectivity index (χ4v) is 1.14. The average Bonchev–Trinajstić information content (AvgIpc) is 2.38. The maximum absolute atomic E-state index is 11.4. The molecule has 7 heteroatoms. The molecule has 0 aromatic carbocycles. The molecule has 0 aromatic rings. The molecular formula is C10H11N3O4. The standard InChI is InChI=1S/C10H11N3O4/c1-10(2,3)17-6(14)4-5-7(13-11)9(16)12-8(5)15/h4H,1-3H3,(H,12,15,16)/b5-4+. The third-order valence-corrected chi connectivity index (χ3v) is 1.71. The van der Waals surface area contributed by atoms with Crippen molar-refractivity contribution < 1.29 is 23.9 Å². The highest BCUT2D eigenvalue weighted by Crippen LogP contribution is 2.10. The fraction of sp³-hybridized carbons (Fsp3) is 0.400. The van der Waals surface area contributed by atoms with Gasteiger partial charge in [0.2, 0.25) is 0 Å². The Balaban J connectivity index is 3.00. The average molecular weight is 237 g/mol. The number of ether oxygens (including phenoxy) is 1. The monoisotopic (exact) mass is 237 g/mol. The van der Waals surface area contributed by atoms with E-state index in [4.69, 9.17) is 10.3 Å². The largest absolute Gasteiger partial charge is 0.457 e. The fourth-order valence-electron chi connectivity index (χ4n) is 1.14. The molecule has 0 aromatic heterocycles.